The summed E-state index contributed by atoms with van der Waals surface area (Å²) in [5.41, 5.74) is 0.990. The third-order valence-electron chi connectivity index (χ3n) is 2.29. The maximum atomic E-state index is 13.0. The van der Waals surface area contributed by atoms with E-state index in [1.165, 1.54) is 23.0 Å². The largest absolute Gasteiger partial charge is 0.317 e. The normalized spacial score (nSPS) is 9.59. The second-order valence-corrected chi connectivity index (χ2v) is 3.42. The van der Waals surface area contributed by atoms with E-state index in [0.29, 0.717) is 12.1 Å². The molecular formula is C12H7FN4. The Morgan fingerprint density at radius 3 is 2.76 bits per heavy atom. The molecule has 1 aromatic heterocycles. The molecule has 4 nitrogen and oxygen atoms in total. The lowest BCUT2D eigenvalue weighted by Crippen LogP contribution is -2.01. The first kappa shape index (κ1) is 10.8. The molecule has 0 aliphatic heterocycles. The molecule has 0 atom stereocenters. The van der Waals surface area contributed by atoms with E-state index in [-0.39, 0.29) is 17.2 Å². The standard InChI is InChI=1S/C12H7FN4/c13-10-3-1-2-9(4-10)7-17-8-16-11(5-14)12(17)6-15/h1-4,8H,7H2. The van der Waals surface area contributed by atoms with Crippen LogP contribution in [-0.2, 0) is 6.54 Å². The third-order valence-corrected chi connectivity index (χ3v) is 2.29. The smallest absolute Gasteiger partial charge is 0.176 e. The molecule has 82 valence electrons. The summed E-state index contributed by atoms with van der Waals surface area (Å²) < 4.78 is 14.5. The van der Waals surface area contributed by atoms with Gasteiger partial charge in [-0.1, -0.05) is 12.1 Å². The Hall–Kier alpha value is -2.66. The van der Waals surface area contributed by atoms with Gasteiger partial charge in [-0.15, -0.1) is 0 Å². The number of rotatable bonds is 2. The van der Waals surface area contributed by atoms with Crippen molar-refractivity contribution in [1.82, 2.24) is 9.55 Å². The molecule has 2 rings (SSSR count). The first-order valence-corrected chi connectivity index (χ1v) is 4.84. The van der Waals surface area contributed by atoms with Crippen molar-refractivity contribution in [3.8, 4) is 12.1 Å². The van der Waals surface area contributed by atoms with E-state index >= 15 is 0 Å². The van der Waals surface area contributed by atoms with Gasteiger partial charge < -0.3 is 4.57 Å². The highest BCUT2D eigenvalue weighted by molar-refractivity contribution is 5.36. The summed E-state index contributed by atoms with van der Waals surface area (Å²) in [4.78, 5) is 3.81. The molecular weight excluding hydrogens is 219 g/mol. The van der Waals surface area contributed by atoms with Gasteiger partial charge >= 0.3 is 0 Å². The summed E-state index contributed by atoms with van der Waals surface area (Å²) in [5.74, 6) is -0.332. The minimum Gasteiger partial charge on any atom is -0.317 e. The second-order valence-electron chi connectivity index (χ2n) is 3.42. The van der Waals surface area contributed by atoms with E-state index in [1.807, 2.05) is 12.1 Å². The minimum absolute atomic E-state index is 0.0869. The molecule has 0 unspecified atom stereocenters. The Morgan fingerprint density at radius 1 is 1.29 bits per heavy atom. The molecule has 0 spiro atoms. The van der Waals surface area contributed by atoms with Crippen LogP contribution in [0.3, 0.4) is 0 Å². The number of hydrogen-bond donors (Lipinski definition) is 0. The number of imidazole rings is 1. The van der Waals surface area contributed by atoms with Crippen molar-refractivity contribution in [3.63, 3.8) is 0 Å². The van der Waals surface area contributed by atoms with Gasteiger partial charge in [0, 0.05) is 6.54 Å². The van der Waals surface area contributed by atoms with Gasteiger partial charge in [-0.2, -0.15) is 10.5 Å². The number of aromatic nitrogens is 2. The second kappa shape index (κ2) is 4.46. The first-order chi connectivity index (χ1) is 8.24. The Kier molecular flexibility index (Phi) is 2.85. The van der Waals surface area contributed by atoms with E-state index in [0.717, 1.165) is 0 Å². The topological polar surface area (TPSA) is 65.4 Å². The van der Waals surface area contributed by atoms with E-state index < -0.39 is 0 Å². The Labute approximate surface area is 97.2 Å². The maximum Gasteiger partial charge on any atom is 0.176 e. The van der Waals surface area contributed by atoms with Crippen LogP contribution in [-0.4, -0.2) is 9.55 Å². The average Bonchev–Trinajstić information content (AvgIpc) is 2.71. The van der Waals surface area contributed by atoms with Gasteiger partial charge in [-0.05, 0) is 17.7 Å². The zero-order valence-electron chi connectivity index (χ0n) is 8.76. The average molecular weight is 226 g/mol. The lowest BCUT2D eigenvalue weighted by molar-refractivity contribution is 0.623. The zero-order valence-corrected chi connectivity index (χ0v) is 8.76. The molecule has 17 heavy (non-hydrogen) atoms. The van der Waals surface area contributed by atoms with Crippen LogP contribution in [0.15, 0.2) is 30.6 Å². The van der Waals surface area contributed by atoms with Crippen LogP contribution in [0.4, 0.5) is 4.39 Å². The predicted molar refractivity (Wildman–Crippen MR) is 57.2 cm³/mol. The number of nitriles is 2. The zero-order chi connectivity index (χ0) is 12.3. The summed E-state index contributed by atoms with van der Waals surface area (Å²) in [5, 5.41) is 17.7. The van der Waals surface area contributed by atoms with Crippen LogP contribution in [0.5, 0.6) is 0 Å². The molecule has 1 heterocycles. The molecule has 1 aromatic carbocycles. The first-order valence-electron chi connectivity index (χ1n) is 4.84. The van der Waals surface area contributed by atoms with Crippen molar-refractivity contribution >= 4 is 0 Å². The van der Waals surface area contributed by atoms with E-state index in [4.69, 9.17) is 10.5 Å². The molecule has 2 aromatic rings. The summed E-state index contributed by atoms with van der Waals surface area (Å²) in [7, 11) is 0. The summed E-state index contributed by atoms with van der Waals surface area (Å²) >= 11 is 0. The summed E-state index contributed by atoms with van der Waals surface area (Å²) in [6, 6.07) is 9.82. The van der Waals surface area contributed by atoms with Crippen LogP contribution in [0.1, 0.15) is 17.0 Å². The molecule has 0 bridgehead atoms. The van der Waals surface area contributed by atoms with Crippen molar-refractivity contribution in [3.05, 3.63) is 53.4 Å². The summed E-state index contributed by atoms with van der Waals surface area (Å²) in [6.45, 7) is 0.315. The van der Waals surface area contributed by atoms with E-state index in [1.54, 1.807) is 12.1 Å². The van der Waals surface area contributed by atoms with Gasteiger partial charge in [0.15, 0.2) is 11.4 Å². The van der Waals surface area contributed by atoms with E-state index in [9.17, 15) is 4.39 Å². The third kappa shape index (κ3) is 2.14. The van der Waals surface area contributed by atoms with Crippen LogP contribution in [0, 0.1) is 28.5 Å². The highest BCUT2D eigenvalue weighted by Crippen LogP contribution is 2.10. The monoisotopic (exact) mass is 226 g/mol. The van der Waals surface area contributed by atoms with Gasteiger partial charge in [0.1, 0.15) is 18.0 Å². The molecule has 0 saturated heterocycles. The SMILES string of the molecule is N#Cc1ncn(Cc2cccc(F)c2)c1C#N. The Balaban J connectivity index is 2.35. The Bertz CT molecular complexity index is 631. The number of hydrogen-bond acceptors (Lipinski definition) is 3. The molecule has 0 N–H and O–H groups in total. The minimum atomic E-state index is -0.332. The van der Waals surface area contributed by atoms with Crippen LogP contribution in [0.2, 0.25) is 0 Å². The fraction of sp³-hybridized carbons (Fsp3) is 0.0833. The van der Waals surface area contributed by atoms with Crippen LogP contribution < -0.4 is 0 Å². The lowest BCUT2D eigenvalue weighted by atomic mass is 10.2. The molecule has 0 aliphatic rings. The van der Waals surface area contributed by atoms with Crippen molar-refractivity contribution in [1.29, 1.82) is 10.5 Å². The molecule has 0 aliphatic carbocycles. The molecule has 0 radical (unpaired) electrons. The lowest BCUT2D eigenvalue weighted by Gasteiger charge is -2.03. The van der Waals surface area contributed by atoms with Crippen LogP contribution >= 0.6 is 0 Å². The van der Waals surface area contributed by atoms with Gasteiger partial charge in [0.25, 0.3) is 0 Å². The number of nitrogens with zero attached hydrogens (tertiary/aromatic N) is 4. The summed E-state index contributed by atoms with van der Waals surface area (Å²) in [6.07, 6.45) is 1.40. The highest BCUT2D eigenvalue weighted by atomic mass is 19.1. The van der Waals surface area contributed by atoms with Crippen molar-refractivity contribution in [2.24, 2.45) is 0 Å². The van der Waals surface area contributed by atoms with Gasteiger partial charge in [-0.25, -0.2) is 9.37 Å². The van der Waals surface area contributed by atoms with Gasteiger partial charge in [0.2, 0.25) is 0 Å². The molecule has 0 saturated carbocycles. The molecule has 0 fully saturated rings. The quantitative estimate of drug-likeness (QED) is 0.784. The maximum absolute atomic E-state index is 13.0. The molecule has 5 heteroatoms. The fourth-order valence-electron chi connectivity index (χ4n) is 1.53. The van der Waals surface area contributed by atoms with E-state index in [2.05, 4.69) is 4.98 Å². The highest BCUT2D eigenvalue weighted by Gasteiger charge is 2.10. The number of halogens is 1. The predicted octanol–water partition coefficient (Wildman–Crippen LogP) is 1.81. The fourth-order valence-corrected chi connectivity index (χ4v) is 1.53. The van der Waals surface area contributed by atoms with Gasteiger partial charge in [-0.3, -0.25) is 0 Å². The Morgan fingerprint density at radius 2 is 2.12 bits per heavy atom. The van der Waals surface area contributed by atoms with Crippen molar-refractivity contribution in [2.45, 2.75) is 6.54 Å². The van der Waals surface area contributed by atoms with Crippen molar-refractivity contribution < 1.29 is 4.39 Å². The van der Waals surface area contributed by atoms with Crippen LogP contribution in [0.25, 0.3) is 0 Å². The molecule has 0 amide bonds. The number of benzene rings is 1. The van der Waals surface area contributed by atoms with Gasteiger partial charge in [0.05, 0.1) is 6.33 Å². The van der Waals surface area contributed by atoms with Crippen molar-refractivity contribution in [2.75, 3.05) is 0 Å².